The van der Waals surface area contributed by atoms with Crippen molar-refractivity contribution in [3.8, 4) is 0 Å². The van der Waals surface area contributed by atoms with E-state index >= 15 is 8.78 Å². The lowest BCUT2D eigenvalue weighted by Crippen LogP contribution is -2.83. The molecule has 0 bridgehead atoms. The van der Waals surface area contributed by atoms with Crippen molar-refractivity contribution in [2.24, 2.45) is 10.8 Å². The van der Waals surface area contributed by atoms with Crippen molar-refractivity contribution in [2.75, 3.05) is 0 Å². The van der Waals surface area contributed by atoms with Crippen LogP contribution in [0.25, 0.3) is 0 Å². The van der Waals surface area contributed by atoms with Gasteiger partial charge in [0.25, 0.3) is 0 Å². The minimum atomic E-state index is -8.51. The molecule has 3 aliphatic heterocycles. The normalized spacial score (nSPS) is 39.6. The Morgan fingerprint density at radius 2 is 0.537 bits per heavy atom. The Morgan fingerprint density at radius 3 is 0.756 bits per heavy atom. The monoisotopic (exact) mass is 669 g/mol. The van der Waals surface area contributed by atoms with Crippen LogP contribution >= 0.6 is 0 Å². The second-order valence-electron chi connectivity index (χ2n) is 9.34. The van der Waals surface area contributed by atoms with Crippen molar-refractivity contribution in [1.82, 2.24) is 4.90 Å². The molecule has 2 aliphatic carbocycles. The van der Waals surface area contributed by atoms with Crippen LogP contribution in [-0.2, 0) is 0 Å². The maximum atomic E-state index is 15.1. The zero-order valence-electron chi connectivity index (χ0n) is 17.4. The van der Waals surface area contributed by atoms with Gasteiger partial charge in [-0.05, 0) is 0 Å². The van der Waals surface area contributed by atoms with Crippen molar-refractivity contribution in [1.29, 1.82) is 0 Å². The molecule has 0 aromatic rings. The Bertz CT molecular complexity index is 1160. The van der Waals surface area contributed by atoms with Crippen molar-refractivity contribution >= 4 is 0 Å². The summed E-state index contributed by atoms with van der Waals surface area (Å²) >= 11 is 0. The Kier molecular flexibility index (Phi) is 4.98. The average Bonchev–Trinajstić information content (AvgIpc) is 3.17. The molecule has 6 atom stereocenters. The molecule has 0 spiro atoms. The van der Waals surface area contributed by atoms with Gasteiger partial charge in [0.05, 0.1) is 0 Å². The highest BCUT2D eigenvalue weighted by atomic mass is 19.5. The van der Waals surface area contributed by atoms with Gasteiger partial charge in [0.1, 0.15) is 27.4 Å². The third-order valence-corrected chi connectivity index (χ3v) is 8.37. The zero-order valence-corrected chi connectivity index (χ0v) is 17.4. The van der Waals surface area contributed by atoms with Crippen LogP contribution in [0.4, 0.5) is 110 Å². The van der Waals surface area contributed by atoms with E-state index in [0.717, 1.165) is 0 Å². The third-order valence-electron chi connectivity index (χ3n) is 8.37. The maximum absolute atomic E-state index is 15.1. The van der Waals surface area contributed by atoms with E-state index in [0.29, 0.717) is 0 Å². The Hall–Kier alpha value is -1.79. The highest BCUT2D eigenvalue weighted by Crippen LogP contribution is 3.24. The van der Waals surface area contributed by atoms with Crippen LogP contribution in [0.15, 0.2) is 0 Å². The molecular formula is C15F25N. The lowest BCUT2D eigenvalue weighted by molar-refractivity contribution is -0.417. The number of piperidine rings is 1. The van der Waals surface area contributed by atoms with E-state index in [1.54, 1.807) is 0 Å². The quantitative estimate of drug-likeness (QED) is 0.222. The number of hydrogen-bond donors (Lipinski definition) is 0. The van der Waals surface area contributed by atoms with Gasteiger partial charge in [-0.1, -0.05) is 0 Å². The van der Waals surface area contributed by atoms with Gasteiger partial charge < -0.3 is 0 Å². The van der Waals surface area contributed by atoms with Gasteiger partial charge in [0.2, 0.25) is 0 Å². The standard InChI is InChI=1S/C15F25N/c16-3(11(26,27)28,12(29,30)31)5-1(9(20,21)22)2(5,10(23,24)25)7(8(18,19)15(38,39)40)6(1,41(5)7)4(17,13(32,33)34)14(35,36)37. The lowest BCUT2D eigenvalue weighted by atomic mass is 9.48. The fourth-order valence-electron chi connectivity index (χ4n) is 8.05. The summed E-state index contributed by atoms with van der Waals surface area (Å²) < 4.78 is 344. The minimum Gasteiger partial charge on any atom is -0.265 e. The van der Waals surface area contributed by atoms with E-state index in [2.05, 4.69) is 0 Å². The molecule has 0 aromatic carbocycles. The smallest absolute Gasteiger partial charge is 0.265 e. The van der Waals surface area contributed by atoms with E-state index < -0.39 is 92.8 Å². The molecule has 1 nitrogen and oxygen atoms in total. The van der Waals surface area contributed by atoms with Crippen LogP contribution in [-0.4, -0.2) is 82.0 Å². The Labute approximate surface area is 204 Å². The first-order chi connectivity index (χ1) is 17.4. The summed E-state index contributed by atoms with van der Waals surface area (Å²) in [5, 5.41) is 0. The van der Waals surface area contributed by atoms with E-state index in [1.165, 1.54) is 0 Å². The van der Waals surface area contributed by atoms with Crippen LogP contribution in [0, 0.1) is 10.8 Å². The van der Waals surface area contributed by atoms with E-state index in [9.17, 15) is 101 Å². The summed E-state index contributed by atoms with van der Waals surface area (Å²) in [5.74, 6) is -8.24. The van der Waals surface area contributed by atoms with Crippen molar-refractivity contribution in [2.45, 2.75) is 77.1 Å². The highest BCUT2D eigenvalue weighted by molar-refractivity contribution is 5.90. The molecular weight excluding hydrogens is 669 g/mol. The summed E-state index contributed by atoms with van der Waals surface area (Å²) in [5.41, 5.74) is -53.7. The summed E-state index contributed by atoms with van der Waals surface area (Å²) in [6, 6.07) is 0. The average molecular weight is 669 g/mol. The molecule has 5 rings (SSSR count). The second-order valence-corrected chi connectivity index (χ2v) is 9.34. The Morgan fingerprint density at radius 1 is 0.293 bits per heavy atom. The zero-order chi connectivity index (χ0) is 33.1. The largest absolute Gasteiger partial charge is 0.455 e. The second kappa shape index (κ2) is 6.36. The molecule has 0 N–H and O–H groups in total. The predicted octanol–water partition coefficient (Wildman–Crippen LogP) is 7.52. The predicted molar refractivity (Wildman–Crippen MR) is 69.9 cm³/mol. The molecule has 26 heteroatoms. The van der Waals surface area contributed by atoms with Crippen LogP contribution in [0.3, 0.4) is 0 Å². The fraction of sp³-hybridized carbons (Fsp3) is 1.00. The fourth-order valence-corrected chi connectivity index (χ4v) is 8.05. The molecule has 2 saturated carbocycles. The summed E-state index contributed by atoms with van der Waals surface area (Å²) in [4.78, 5) is -3.23. The number of nitrogens with zero attached hydrogens (tertiary/aromatic N) is 1. The molecule has 0 amide bonds. The van der Waals surface area contributed by atoms with Gasteiger partial charge in [-0.25, -0.2) is 8.78 Å². The van der Waals surface area contributed by atoms with E-state index in [1.807, 2.05) is 0 Å². The van der Waals surface area contributed by atoms with Gasteiger partial charge in [-0.3, -0.25) is 4.90 Å². The number of rotatable bonds is 3. The molecule has 0 radical (unpaired) electrons. The van der Waals surface area contributed by atoms with Gasteiger partial charge in [0.15, 0.2) is 0 Å². The van der Waals surface area contributed by atoms with Gasteiger partial charge in [-0.15, -0.1) is 0 Å². The summed E-state index contributed by atoms with van der Waals surface area (Å²) in [6.07, 6.45) is -58.1. The van der Waals surface area contributed by atoms with Gasteiger partial charge >= 0.3 is 60.5 Å². The first-order valence-electron chi connectivity index (χ1n) is 9.40. The molecule has 5 fully saturated rings. The molecule has 41 heavy (non-hydrogen) atoms. The summed E-state index contributed by atoms with van der Waals surface area (Å²) in [6.45, 7) is 0. The van der Waals surface area contributed by atoms with Crippen LogP contribution in [0.1, 0.15) is 0 Å². The van der Waals surface area contributed by atoms with Gasteiger partial charge in [0, 0.05) is 0 Å². The van der Waals surface area contributed by atoms with Crippen molar-refractivity contribution in [3.63, 3.8) is 0 Å². The maximum Gasteiger partial charge on any atom is 0.455 e. The van der Waals surface area contributed by atoms with E-state index in [4.69, 9.17) is 0 Å². The highest BCUT2D eigenvalue weighted by Gasteiger charge is 3.49. The molecule has 3 heterocycles. The number of hydrogen-bond acceptors (Lipinski definition) is 1. The van der Waals surface area contributed by atoms with Crippen LogP contribution < -0.4 is 0 Å². The SMILES string of the molecule is FC(F)(F)C(F)(F)C12N3C1(C(F)(C(F)(F)F)C(F)(F)F)C1(C(F)(F)F)C3(C(F)(C(F)(F)F)C(F)(F)F)C21C(F)(F)F. The van der Waals surface area contributed by atoms with Crippen molar-refractivity contribution < 1.29 is 110 Å². The number of halogens is 25. The lowest BCUT2D eigenvalue weighted by Gasteiger charge is -2.54. The minimum absolute atomic E-state index is 3.23. The Balaban J connectivity index is 2.36. The molecule has 0 aromatic heterocycles. The topological polar surface area (TPSA) is 3.01 Å². The molecule has 240 valence electrons. The van der Waals surface area contributed by atoms with Crippen LogP contribution in [0.5, 0.6) is 0 Å². The van der Waals surface area contributed by atoms with Gasteiger partial charge in [-0.2, -0.15) is 101 Å². The molecule has 6 unspecified atom stereocenters. The summed E-state index contributed by atoms with van der Waals surface area (Å²) in [7, 11) is 0. The molecule has 5 aliphatic rings. The van der Waals surface area contributed by atoms with Crippen LogP contribution in [0.2, 0.25) is 0 Å². The number of alkyl halides is 25. The third kappa shape index (κ3) is 2.05. The van der Waals surface area contributed by atoms with E-state index in [-0.39, 0.29) is 0 Å². The first-order valence-corrected chi connectivity index (χ1v) is 9.40. The first kappa shape index (κ1) is 32.1. The van der Waals surface area contributed by atoms with Crippen molar-refractivity contribution in [3.05, 3.63) is 0 Å². The molecule has 3 saturated heterocycles.